The van der Waals surface area contributed by atoms with E-state index in [0.717, 1.165) is 21.7 Å². The Balaban J connectivity index is 1.92. The van der Waals surface area contributed by atoms with Crippen molar-refractivity contribution >= 4 is 27.3 Å². The molecule has 3 nitrogen and oxygen atoms in total. The molecule has 2 heterocycles. The van der Waals surface area contributed by atoms with E-state index in [-0.39, 0.29) is 0 Å². The van der Waals surface area contributed by atoms with Gasteiger partial charge in [0.1, 0.15) is 0 Å². The largest absolute Gasteiger partial charge is 0.304 e. The van der Waals surface area contributed by atoms with E-state index in [4.69, 9.17) is 0 Å². The van der Waals surface area contributed by atoms with Crippen LogP contribution in [0.15, 0.2) is 28.3 Å². The molecule has 0 aliphatic carbocycles. The summed E-state index contributed by atoms with van der Waals surface area (Å²) in [6.07, 6.45) is 3.61. The molecule has 1 N–H and O–H groups in total. The second kappa shape index (κ2) is 5.71. The maximum absolute atomic E-state index is 4.32. The minimum atomic E-state index is 0.328. The van der Waals surface area contributed by atoms with E-state index in [9.17, 15) is 0 Å². The highest BCUT2D eigenvalue weighted by Crippen LogP contribution is 2.27. The highest BCUT2D eigenvalue weighted by atomic mass is 79.9. The molecule has 0 spiro atoms. The van der Waals surface area contributed by atoms with Gasteiger partial charge in [0.05, 0.1) is 15.2 Å². The van der Waals surface area contributed by atoms with Gasteiger partial charge in [0.15, 0.2) is 0 Å². The second-order valence-electron chi connectivity index (χ2n) is 3.89. The van der Waals surface area contributed by atoms with Crippen LogP contribution >= 0.6 is 27.3 Å². The molecular formula is C12H14BrN3S. The number of halogens is 1. The fourth-order valence-corrected chi connectivity index (χ4v) is 2.88. The average Bonchev–Trinajstić information content (AvgIpc) is 2.75. The van der Waals surface area contributed by atoms with Crippen molar-refractivity contribution in [2.75, 3.05) is 0 Å². The summed E-state index contributed by atoms with van der Waals surface area (Å²) in [6.45, 7) is 4.83. The van der Waals surface area contributed by atoms with Gasteiger partial charge in [-0.3, -0.25) is 9.97 Å². The maximum atomic E-state index is 4.32. The third-order valence-corrected chi connectivity index (χ3v) is 4.25. The maximum Gasteiger partial charge on any atom is 0.0724 e. The highest BCUT2D eigenvalue weighted by Gasteiger charge is 2.07. The van der Waals surface area contributed by atoms with E-state index in [1.54, 1.807) is 17.5 Å². The minimum absolute atomic E-state index is 0.328. The molecule has 0 saturated carbocycles. The molecule has 0 amide bonds. The number of aromatic nitrogens is 2. The molecule has 2 rings (SSSR count). The number of thiophene rings is 1. The smallest absolute Gasteiger partial charge is 0.0724 e. The molecule has 0 radical (unpaired) electrons. The van der Waals surface area contributed by atoms with E-state index >= 15 is 0 Å². The van der Waals surface area contributed by atoms with Gasteiger partial charge in [0, 0.05) is 29.9 Å². The third-order valence-electron chi connectivity index (χ3n) is 2.44. The summed E-state index contributed by atoms with van der Waals surface area (Å²) in [6, 6.07) is 4.53. The van der Waals surface area contributed by atoms with Gasteiger partial charge in [-0.05, 0) is 41.9 Å². The lowest BCUT2D eigenvalue weighted by Crippen LogP contribution is -2.18. The molecule has 90 valence electrons. The molecule has 0 aromatic carbocycles. The Kier molecular flexibility index (Phi) is 4.25. The molecule has 0 aliphatic rings. The van der Waals surface area contributed by atoms with Crippen LogP contribution in [-0.4, -0.2) is 9.97 Å². The third kappa shape index (κ3) is 3.59. The zero-order chi connectivity index (χ0) is 12.3. The van der Waals surface area contributed by atoms with Crippen molar-refractivity contribution in [1.29, 1.82) is 0 Å². The molecular weight excluding hydrogens is 298 g/mol. The predicted octanol–water partition coefficient (Wildman–Crippen LogP) is 3.46. The number of nitrogens with zero attached hydrogens (tertiary/aromatic N) is 2. The summed E-state index contributed by atoms with van der Waals surface area (Å²) in [7, 11) is 0. The van der Waals surface area contributed by atoms with Crippen LogP contribution in [-0.2, 0) is 6.54 Å². The molecule has 0 fully saturated rings. The van der Waals surface area contributed by atoms with Crippen LogP contribution in [0, 0.1) is 6.92 Å². The molecule has 2 aromatic rings. The van der Waals surface area contributed by atoms with Crippen molar-refractivity contribution in [2.45, 2.75) is 26.4 Å². The van der Waals surface area contributed by atoms with Crippen LogP contribution in [0.5, 0.6) is 0 Å². The molecule has 1 atom stereocenters. The first-order chi connectivity index (χ1) is 8.15. The van der Waals surface area contributed by atoms with Gasteiger partial charge in [0.2, 0.25) is 0 Å². The van der Waals surface area contributed by atoms with Gasteiger partial charge in [-0.1, -0.05) is 0 Å². The molecule has 2 aromatic heterocycles. The van der Waals surface area contributed by atoms with Crippen LogP contribution in [0.4, 0.5) is 0 Å². The molecule has 0 saturated heterocycles. The SMILES string of the molecule is Cc1cnc(CNC(C)c2ccc(Br)s2)cn1. The van der Waals surface area contributed by atoms with Gasteiger partial charge in [-0.2, -0.15) is 0 Å². The Hall–Kier alpha value is -0.780. The fraction of sp³-hybridized carbons (Fsp3) is 0.333. The summed E-state index contributed by atoms with van der Waals surface area (Å²) in [5, 5.41) is 3.44. The Morgan fingerprint density at radius 2 is 2.18 bits per heavy atom. The fourth-order valence-electron chi connectivity index (χ4n) is 1.43. The molecule has 1 unspecified atom stereocenters. The van der Waals surface area contributed by atoms with Crippen molar-refractivity contribution in [3.05, 3.63) is 44.6 Å². The first-order valence-electron chi connectivity index (χ1n) is 5.41. The Morgan fingerprint density at radius 1 is 1.35 bits per heavy atom. The Morgan fingerprint density at radius 3 is 2.76 bits per heavy atom. The van der Waals surface area contributed by atoms with Crippen LogP contribution in [0.1, 0.15) is 29.2 Å². The normalized spacial score (nSPS) is 12.6. The van der Waals surface area contributed by atoms with Crippen molar-refractivity contribution < 1.29 is 0 Å². The monoisotopic (exact) mass is 311 g/mol. The molecule has 0 aliphatic heterocycles. The standard InChI is InChI=1S/C12H14BrN3S/c1-8-5-16-10(6-14-8)7-15-9(2)11-3-4-12(13)17-11/h3-6,9,15H,7H2,1-2H3. The molecule has 5 heteroatoms. The molecule has 17 heavy (non-hydrogen) atoms. The summed E-state index contributed by atoms with van der Waals surface area (Å²) in [5.74, 6) is 0. The van der Waals surface area contributed by atoms with E-state index < -0.39 is 0 Å². The van der Waals surface area contributed by atoms with Crippen molar-refractivity contribution in [3.63, 3.8) is 0 Å². The van der Waals surface area contributed by atoms with Crippen LogP contribution in [0.25, 0.3) is 0 Å². The van der Waals surface area contributed by atoms with E-state index in [1.165, 1.54) is 4.88 Å². The summed E-state index contributed by atoms with van der Waals surface area (Å²) in [4.78, 5) is 9.86. The lowest BCUT2D eigenvalue weighted by atomic mass is 10.2. The highest BCUT2D eigenvalue weighted by molar-refractivity contribution is 9.11. The zero-order valence-corrected chi connectivity index (χ0v) is 12.2. The van der Waals surface area contributed by atoms with Gasteiger partial charge >= 0.3 is 0 Å². The van der Waals surface area contributed by atoms with Crippen LogP contribution in [0.3, 0.4) is 0 Å². The van der Waals surface area contributed by atoms with Crippen molar-refractivity contribution in [2.24, 2.45) is 0 Å². The van der Waals surface area contributed by atoms with Crippen LogP contribution < -0.4 is 5.32 Å². The van der Waals surface area contributed by atoms with Crippen molar-refractivity contribution in [3.8, 4) is 0 Å². The Labute approximate surface area is 113 Å². The second-order valence-corrected chi connectivity index (χ2v) is 6.39. The number of rotatable bonds is 4. The summed E-state index contributed by atoms with van der Waals surface area (Å²) < 4.78 is 1.16. The average molecular weight is 312 g/mol. The quantitative estimate of drug-likeness (QED) is 0.939. The van der Waals surface area contributed by atoms with E-state index in [2.05, 4.69) is 50.3 Å². The van der Waals surface area contributed by atoms with Gasteiger partial charge in [-0.15, -0.1) is 11.3 Å². The zero-order valence-electron chi connectivity index (χ0n) is 9.77. The lowest BCUT2D eigenvalue weighted by molar-refractivity contribution is 0.574. The number of aryl methyl sites for hydroxylation is 1. The number of hydrogen-bond donors (Lipinski definition) is 1. The van der Waals surface area contributed by atoms with Crippen molar-refractivity contribution in [1.82, 2.24) is 15.3 Å². The van der Waals surface area contributed by atoms with Gasteiger partial charge in [0.25, 0.3) is 0 Å². The van der Waals surface area contributed by atoms with E-state index in [1.807, 2.05) is 13.1 Å². The molecule has 0 bridgehead atoms. The topological polar surface area (TPSA) is 37.8 Å². The summed E-state index contributed by atoms with van der Waals surface area (Å²) in [5.41, 5.74) is 1.92. The van der Waals surface area contributed by atoms with E-state index in [0.29, 0.717) is 6.04 Å². The predicted molar refractivity (Wildman–Crippen MR) is 74.0 cm³/mol. The number of nitrogens with one attached hydrogen (secondary N) is 1. The van der Waals surface area contributed by atoms with Crippen LogP contribution in [0.2, 0.25) is 0 Å². The van der Waals surface area contributed by atoms with Gasteiger partial charge < -0.3 is 5.32 Å². The first kappa shape index (κ1) is 12.7. The first-order valence-corrected chi connectivity index (χ1v) is 7.02. The van der Waals surface area contributed by atoms with Gasteiger partial charge in [-0.25, -0.2) is 0 Å². The lowest BCUT2D eigenvalue weighted by Gasteiger charge is -2.11. The Bertz CT molecular complexity index is 481. The number of hydrogen-bond acceptors (Lipinski definition) is 4. The minimum Gasteiger partial charge on any atom is -0.304 e. The summed E-state index contributed by atoms with van der Waals surface area (Å²) >= 11 is 5.22.